The minimum absolute atomic E-state index is 0.0856. The van der Waals surface area contributed by atoms with E-state index in [1.807, 2.05) is 36.4 Å². The van der Waals surface area contributed by atoms with Gasteiger partial charge in [-0.15, -0.1) is 0 Å². The molecule has 1 aromatic rings. The number of unbranched alkanes of at least 4 members (excludes halogenated alkanes) is 1. The van der Waals surface area contributed by atoms with Crippen molar-refractivity contribution in [2.45, 2.75) is 40.0 Å². The monoisotopic (exact) mass is 325 g/mol. The van der Waals surface area contributed by atoms with Gasteiger partial charge in [-0.1, -0.05) is 36.4 Å². The molecule has 0 fully saturated rings. The Hall–Kier alpha value is -1.39. The van der Waals surface area contributed by atoms with Gasteiger partial charge >= 0.3 is 5.97 Å². The van der Waals surface area contributed by atoms with Crippen molar-refractivity contribution < 1.29 is 14.0 Å². The van der Waals surface area contributed by atoms with Gasteiger partial charge in [0.05, 0.1) is 33.3 Å². The lowest BCUT2D eigenvalue weighted by Gasteiger charge is -2.35. The molecule has 0 saturated carbocycles. The third-order valence-corrected chi connectivity index (χ3v) is 4.17. The first-order valence-electron chi connectivity index (χ1n) is 8.63. The van der Waals surface area contributed by atoms with E-state index in [1.54, 1.807) is 0 Å². The summed E-state index contributed by atoms with van der Waals surface area (Å²) in [5.74, 6) is -0.0856. The first-order chi connectivity index (χ1) is 11.1. The highest BCUT2D eigenvalue weighted by Gasteiger charge is 2.19. The summed E-state index contributed by atoms with van der Waals surface area (Å²) in [5, 5.41) is 0. The van der Waals surface area contributed by atoms with Gasteiger partial charge in [0.2, 0.25) is 0 Å². The second-order valence-corrected chi connectivity index (χ2v) is 5.20. The number of ether oxygens (including phenoxy) is 1. The van der Waals surface area contributed by atoms with Crippen LogP contribution in [0.15, 0.2) is 36.4 Å². The quantitative estimate of drug-likeness (QED) is 0.452. The van der Waals surface area contributed by atoms with Crippen molar-refractivity contribution in [2.24, 2.45) is 5.73 Å². The van der Waals surface area contributed by atoms with Crippen molar-refractivity contribution in [3.05, 3.63) is 36.4 Å². The van der Waals surface area contributed by atoms with E-state index in [0.29, 0.717) is 6.42 Å². The number of nitrogens with zero attached hydrogens (tertiary/aromatic N) is 1. The van der Waals surface area contributed by atoms with Crippen molar-refractivity contribution >= 4 is 5.97 Å². The van der Waals surface area contributed by atoms with Crippen LogP contribution in [-0.4, -0.2) is 50.8 Å². The molecule has 4 heteroatoms. The molecule has 0 aromatic heterocycles. The van der Waals surface area contributed by atoms with E-state index in [-0.39, 0.29) is 5.97 Å². The first-order valence-corrected chi connectivity index (χ1v) is 8.63. The Morgan fingerprint density at radius 2 is 1.26 bits per heavy atom. The van der Waals surface area contributed by atoms with Crippen LogP contribution in [0, 0.1) is 0 Å². The van der Waals surface area contributed by atoms with Crippen molar-refractivity contribution in [1.29, 1.82) is 0 Å². The van der Waals surface area contributed by atoms with Gasteiger partial charge in [-0.3, -0.25) is 4.79 Å². The zero-order chi connectivity index (χ0) is 18.0. The molecule has 2 N–H and O–H groups in total. The molecule has 0 bridgehead atoms. The van der Waals surface area contributed by atoms with Crippen LogP contribution in [0.25, 0.3) is 0 Å². The number of carbonyl (C=O) groups is 1. The molecule has 0 aliphatic heterocycles. The first kappa shape index (κ1) is 23.9. The fourth-order valence-corrected chi connectivity index (χ4v) is 2.35. The number of quaternary nitrogens is 1. The minimum atomic E-state index is -0.0856. The topological polar surface area (TPSA) is 52.3 Å². The van der Waals surface area contributed by atoms with Crippen molar-refractivity contribution in [1.82, 2.24) is 0 Å². The Bertz CT molecular complexity index is 317. The van der Waals surface area contributed by atoms with Crippen LogP contribution < -0.4 is 5.73 Å². The molecule has 0 heterocycles. The van der Waals surface area contributed by atoms with Crippen molar-refractivity contribution in [2.75, 3.05) is 40.3 Å². The number of carbonyl (C=O) groups excluding carboxylic acids is 1. The van der Waals surface area contributed by atoms with E-state index >= 15 is 0 Å². The molecule has 0 atom stereocenters. The molecule has 4 nitrogen and oxygen atoms in total. The van der Waals surface area contributed by atoms with Gasteiger partial charge in [0.15, 0.2) is 0 Å². The van der Waals surface area contributed by atoms with Crippen LogP contribution in [0.5, 0.6) is 0 Å². The number of hydrogen-bond acceptors (Lipinski definition) is 3. The summed E-state index contributed by atoms with van der Waals surface area (Å²) in [5.41, 5.74) is 4.50. The smallest absolute Gasteiger partial charge is 0.305 e. The van der Waals surface area contributed by atoms with Gasteiger partial charge in [-0.25, -0.2) is 0 Å². The number of hydrogen-bond donors (Lipinski definition) is 1. The maximum Gasteiger partial charge on any atom is 0.305 e. The highest BCUT2D eigenvalue weighted by atomic mass is 16.5. The largest absolute Gasteiger partial charge is 0.469 e. The van der Waals surface area contributed by atoms with E-state index in [4.69, 9.17) is 0 Å². The Morgan fingerprint density at radius 3 is 1.57 bits per heavy atom. The van der Waals surface area contributed by atoms with Crippen LogP contribution in [0.2, 0.25) is 0 Å². The third-order valence-electron chi connectivity index (χ3n) is 4.17. The van der Waals surface area contributed by atoms with E-state index in [1.165, 1.54) is 44.8 Å². The van der Waals surface area contributed by atoms with Gasteiger partial charge in [-0.2, -0.15) is 0 Å². The predicted octanol–water partition coefficient (Wildman–Crippen LogP) is 3.47. The second kappa shape index (κ2) is 17.0. The number of methoxy groups -OCH3 is 1. The molecule has 0 unspecified atom stereocenters. The number of esters is 1. The maximum atomic E-state index is 10.9. The normalized spacial score (nSPS) is 9.83. The summed E-state index contributed by atoms with van der Waals surface area (Å²) in [7, 11) is 2.95. The maximum absolute atomic E-state index is 10.9. The predicted molar refractivity (Wildman–Crippen MR) is 99.2 cm³/mol. The summed E-state index contributed by atoms with van der Waals surface area (Å²) in [4.78, 5) is 10.9. The highest BCUT2D eigenvalue weighted by Crippen LogP contribution is 2.09. The summed E-state index contributed by atoms with van der Waals surface area (Å²) >= 11 is 0. The van der Waals surface area contributed by atoms with Gasteiger partial charge in [0.25, 0.3) is 0 Å². The zero-order valence-corrected chi connectivity index (χ0v) is 15.8. The summed E-state index contributed by atoms with van der Waals surface area (Å²) in [6, 6.07) is 12.0. The lowest BCUT2D eigenvalue weighted by molar-refractivity contribution is -0.923. The average molecular weight is 326 g/mol. The van der Waals surface area contributed by atoms with Gasteiger partial charge < -0.3 is 15.0 Å². The Morgan fingerprint density at radius 1 is 0.870 bits per heavy atom. The van der Waals surface area contributed by atoms with Crippen LogP contribution in [0.1, 0.15) is 40.0 Å². The van der Waals surface area contributed by atoms with Crippen LogP contribution in [0.3, 0.4) is 0 Å². The third kappa shape index (κ3) is 12.8. The Kier molecular flexibility index (Phi) is 17.6. The SMILES string of the molecule is CC[N+](CC)(CC)CCCCC(=O)OC.CN.c1ccccc1. The Labute approximate surface area is 143 Å². The molecule has 1 aromatic carbocycles. The molecular formula is C19H37N2O2+. The molecule has 0 radical (unpaired) electrons. The van der Waals surface area contributed by atoms with E-state index in [0.717, 1.165) is 12.8 Å². The lowest BCUT2D eigenvalue weighted by Crippen LogP contribution is -2.48. The van der Waals surface area contributed by atoms with E-state index in [9.17, 15) is 4.79 Å². The molecular weight excluding hydrogens is 288 g/mol. The minimum Gasteiger partial charge on any atom is -0.469 e. The van der Waals surface area contributed by atoms with E-state index < -0.39 is 0 Å². The molecule has 0 aliphatic rings. The number of nitrogens with two attached hydrogens (primary N) is 1. The second-order valence-electron chi connectivity index (χ2n) is 5.20. The molecule has 1 rings (SSSR count). The summed E-state index contributed by atoms with van der Waals surface area (Å²) < 4.78 is 5.79. The van der Waals surface area contributed by atoms with Gasteiger partial charge in [0, 0.05) is 6.42 Å². The standard InChI is InChI=1S/C12H26NO2.C6H6.CH5N/c1-5-13(6-2,7-3)11-9-8-10-12(14)15-4;1-2-4-6-5-3-1;1-2/h5-11H2,1-4H3;1-6H;2H2,1H3/q+1;;. The van der Waals surface area contributed by atoms with Crippen molar-refractivity contribution in [3.63, 3.8) is 0 Å². The van der Waals surface area contributed by atoms with Crippen LogP contribution in [-0.2, 0) is 9.53 Å². The molecule has 0 spiro atoms. The molecule has 0 aliphatic carbocycles. The number of benzene rings is 1. The summed E-state index contributed by atoms with van der Waals surface area (Å²) in [6.07, 6.45) is 2.63. The van der Waals surface area contributed by atoms with Crippen molar-refractivity contribution in [3.8, 4) is 0 Å². The summed E-state index contributed by atoms with van der Waals surface area (Å²) in [6.45, 7) is 11.5. The molecule has 0 saturated heterocycles. The zero-order valence-electron chi connectivity index (χ0n) is 15.8. The average Bonchev–Trinajstić information content (AvgIpc) is 2.66. The van der Waals surface area contributed by atoms with Crippen LogP contribution in [0.4, 0.5) is 0 Å². The molecule has 0 amide bonds. The number of rotatable bonds is 8. The molecule has 134 valence electrons. The highest BCUT2D eigenvalue weighted by molar-refractivity contribution is 5.68. The Balaban J connectivity index is 0. The fourth-order valence-electron chi connectivity index (χ4n) is 2.35. The lowest BCUT2D eigenvalue weighted by atomic mass is 10.2. The fraction of sp³-hybridized carbons (Fsp3) is 0.632. The van der Waals surface area contributed by atoms with Gasteiger partial charge in [0.1, 0.15) is 0 Å². The van der Waals surface area contributed by atoms with Gasteiger partial charge in [-0.05, 0) is 40.7 Å². The molecule has 23 heavy (non-hydrogen) atoms. The van der Waals surface area contributed by atoms with E-state index in [2.05, 4.69) is 31.2 Å². The van der Waals surface area contributed by atoms with Crippen LogP contribution >= 0.6 is 0 Å².